The van der Waals surface area contributed by atoms with Crippen LogP contribution in [0.1, 0.15) is 34.7 Å². The molecule has 2 aromatic carbocycles. The summed E-state index contributed by atoms with van der Waals surface area (Å²) in [7, 11) is -3.93. The van der Waals surface area contributed by atoms with Crippen molar-refractivity contribution in [2.24, 2.45) is 16.5 Å². The molecule has 9 N–H and O–H groups in total. The van der Waals surface area contributed by atoms with Crippen LogP contribution in [0.15, 0.2) is 76.5 Å². The van der Waals surface area contributed by atoms with Gasteiger partial charge in [0.1, 0.15) is 18.3 Å². The number of Topliss-reactive ketones (excluding diaryl/α,β-unsaturated/α-hetero) is 1. The Morgan fingerprint density at radius 2 is 1.69 bits per heavy atom. The number of carbonyl (C=O) groups excluding carboxylic acids is 3. The standard InChI is InChI=1S/C27H34N8O6S/c28-20-10-8-18(9-11-20)15-22(24(37)26-31-13-14-41-26)34-23(36)16-33-25(38)21(7-4-12-32-27(29)30)35-42(39,40)17-19-5-2-1-3-6-19/h1-3,5-6,8-11,13-14,21-22,35H,4,7,12,15-17,28H2,(H,33,38)(H,34,36)(H4,29,30,32)/t21-,22+/m1/s1. The molecule has 224 valence electrons. The number of sulfonamides is 1. The van der Waals surface area contributed by atoms with Gasteiger partial charge in [-0.15, -0.1) is 0 Å². The monoisotopic (exact) mass is 598 g/mol. The first-order valence-electron chi connectivity index (χ1n) is 13.0. The zero-order valence-corrected chi connectivity index (χ0v) is 23.5. The fourth-order valence-electron chi connectivity index (χ4n) is 3.93. The summed E-state index contributed by atoms with van der Waals surface area (Å²) >= 11 is 0. The predicted octanol–water partition coefficient (Wildman–Crippen LogP) is -0.175. The van der Waals surface area contributed by atoms with E-state index in [1.54, 1.807) is 54.6 Å². The van der Waals surface area contributed by atoms with Gasteiger partial charge in [-0.2, -0.15) is 0 Å². The Morgan fingerprint density at radius 3 is 2.33 bits per heavy atom. The van der Waals surface area contributed by atoms with E-state index in [-0.39, 0.29) is 43.4 Å². The Balaban J connectivity index is 1.66. The smallest absolute Gasteiger partial charge is 0.265 e. The molecule has 0 aliphatic rings. The third-order valence-electron chi connectivity index (χ3n) is 5.92. The molecule has 0 saturated carbocycles. The highest BCUT2D eigenvalue weighted by molar-refractivity contribution is 7.88. The third-order valence-corrected chi connectivity index (χ3v) is 7.28. The zero-order valence-electron chi connectivity index (χ0n) is 22.7. The van der Waals surface area contributed by atoms with E-state index in [9.17, 15) is 22.8 Å². The van der Waals surface area contributed by atoms with E-state index >= 15 is 0 Å². The van der Waals surface area contributed by atoms with Gasteiger partial charge in [0.2, 0.25) is 27.6 Å². The highest BCUT2D eigenvalue weighted by Crippen LogP contribution is 2.12. The largest absolute Gasteiger partial charge is 0.442 e. The molecule has 3 rings (SSSR count). The van der Waals surface area contributed by atoms with Crippen LogP contribution in [-0.2, 0) is 31.8 Å². The molecule has 0 fully saturated rings. The Hall–Kier alpha value is -4.76. The second-order valence-electron chi connectivity index (χ2n) is 9.35. The van der Waals surface area contributed by atoms with E-state index in [1.165, 1.54) is 12.5 Å². The van der Waals surface area contributed by atoms with Gasteiger partial charge in [-0.05, 0) is 36.1 Å². The SMILES string of the molecule is NC(N)=NCCC[C@@H](NS(=O)(=O)Cc1ccccc1)C(=O)NCC(=O)N[C@@H](Cc1ccc(N)cc1)C(=O)c1ncco1. The number of aliphatic imine (C=N–C) groups is 1. The molecule has 15 heteroatoms. The molecular weight excluding hydrogens is 564 g/mol. The summed E-state index contributed by atoms with van der Waals surface area (Å²) in [5.41, 5.74) is 18.2. The number of aromatic nitrogens is 1. The first-order chi connectivity index (χ1) is 20.0. The van der Waals surface area contributed by atoms with Gasteiger partial charge in [-0.3, -0.25) is 19.4 Å². The van der Waals surface area contributed by atoms with E-state index in [1.807, 2.05) is 0 Å². The first-order valence-corrected chi connectivity index (χ1v) is 14.6. The number of amides is 2. The van der Waals surface area contributed by atoms with Gasteiger partial charge in [-0.1, -0.05) is 42.5 Å². The van der Waals surface area contributed by atoms with Crippen molar-refractivity contribution in [1.29, 1.82) is 0 Å². The molecule has 0 bridgehead atoms. The number of hydrogen-bond donors (Lipinski definition) is 6. The molecular formula is C27H34N8O6S. The van der Waals surface area contributed by atoms with E-state index < -0.39 is 46.2 Å². The van der Waals surface area contributed by atoms with Crippen LogP contribution < -0.4 is 32.6 Å². The quantitative estimate of drug-likeness (QED) is 0.0418. The number of anilines is 1. The summed E-state index contributed by atoms with van der Waals surface area (Å²) in [6, 6.07) is 13.0. The number of nitrogens with zero attached hydrogens (tertiary/aromatic N) is 2. The lowest BCUT2D eigenvalue weighted by Crippen LogP contribution is -2.51. The van der Waals surface area contributed by atoms with Crippen molar-refractivity contribution < 1.29 is 27.2 Å². The molecule has 2 atom stereocenters. The maximum Gasteiger partial charge on any atom is 0.265 e. The molecule has 0 unspecified atom stereocenters. The van der Waals surface area contributed by atoms with Crippen LogP contribution in [0, 0.1) is 0 Å². The number of benzene rings is 2. The number of oxazole rings is 1. The van der Waals surface area contributed by atoms with Gasteiger partial charge in [0.05, 0.1) is 18.5 Å². The number of nitrogens with two attached hydrogens (primary N) is 3. The zero-order chi connectivity index (χ0) is 30.5. The van der Waals surface area contributed by atoms with E-state index in [2.05, 4.69) is 25.3 Å². The van der Waals surface area contributed by atoms with Gasteiger partial charge in [0.15, 0.2) is 5.96 Å². The lowest BCUT2D eigenvalue weighted by molar-refractivity contribution is -0.127. The van der Waals surface area contributed by atoms with Crippen molar-refractivity contribution in [1.82, 2.24) is 20.3 Å². The molecule has 14 nitrogen and oxygen atoms in total. The summed E-state index contributed by atoms with van der Waals surface area (Å²) in [4.78, 5) is 46.5. The minimum absolute atomic E-state index is 0.0562. The van der Waals surface area contributed by atoms with Crippen LogP contribution >= 0.6 is 0 Å². The van der Waals surface area contributed by atoms with Crippen molar-refractivity contribution >= 4 is 39.3 Å². The number of rotatable bonds is 16. The van der Waals surface area contributed by atoms with Gasteiger partial charge >= 0.3 is 0 Å². The number of carbonyl (C=O) groups is 3. The summed E-state index contributed by atoms with van der Waals surface area (Å²) in [5.74, 6) is -2.65. The van der Waals surface area contributed by atoms with Crippen molar-refractivity contribution in [2.45, 2.75) is 37.1 Å². The van der Waals surface area contributed by atoms with Gasteiger partial charge in [0, 0.05) is 18.7 Å². The second kappa shape index (κ2) is 15.3. The Morgan fingerprint density at radius 1 is 0.976 bits per heavy atom. The van der Waals surface area contributed by atoms with E-state index in [4.69, 9.17) is 21.6 Å². The molecule has 0 saturated heterocycles. The highest BCUT2D eigenvalue weighted by Gasteiger charge is 2.28. The Labute approximate surface area is 243 Å². The lowest BCUT2D eigenvalue weighted by Gasteiger charge is -2.20. The van der Waals surface area contributed by atoms with Crippen LogP contribution in [0.4, 0.5) is 5.69 Å². The lowest BCUT2D eigenvalue weighted by atomic mass is 10.0. The average Bonchev–Trinajstić information content (AvgIpc) is 3.49. The van der Waals surface area contributed by atoms with Crippen LogP contribution in [0.25, 0.3) is 0 Å². The maximum atomic E-state index is 13.0. The molecule has 42 heavy (non-hydrogen) atoms. The fraction of sp³-hybridized carbons (Fsp3) is 0.296. The normalized spacial score (nSPS) is 12.6. The summed E-state index contributed by atoms with van der Waals surface area (Å²) in [6.07, 6.45) is 2.99. The van der Waals surface area contributed by atoms with Crippen molar-refractivity contribution in [3.63, 3.8) is 0 Å². The molecule has 0 aliphatic heterocycles. The summed E-state index contributed by atoms with van der Waals surface area (Å²) < 4.78 is 33.2. The molecule has 1 heterocycles. The van der Waals surface area contributed by atoms with Gasteiger partial charge in [-0.25, -0.2) is 18.1 Å². The molecule has 1 aromatic heterocycles. The number of nitrogens with one attached hydrogen (secondary N) is 3. The molecule has 2 amide bonds. The first kappa shape index (κ1) is 31.8. The van der Waals surface area contributed by atoms with Gasteiger partial charge < -0.3 is 32.3 Å². The van der Waals surface area contributed by atoms with Crippen LogP contribution in [0.5, 0.6) is 0 Å². The van der Waals surface area contributed by atoms with Crippen molar-refractivity contribution in [3.8, 4) is 0 Å². The molecule has 0 aliphatic carbocycles. The van der Waals surface area contributed by atoms with Crippen LogP contribution in [0.3, 0.4) is 0 Å². The minimum atomic E-state index is -3.93. The molecule has 0 radical (unpaired) electrons. The van der Waals surface area contributed by atoms with E-state index in [0.29, 0.717) is 16.8 Å². The van der Waals surface area contributed by atoms with Crippen molar-refractivity contribution in [3.05, 3.63) is 84.1 Å². The topological polar surface area (TPSA) is 238 Å². The third kappa shape index (κ3) is 10.7. The summed E-state index contributed by atoms with van der Waals surface area (Å²) in [6.45, 7) is -0.358. The fourth-order valence-corrected chi connectivity index (χ4v) is 5.30. The summed E-state index contributed by atoms with van der Waals surface area (Å²) in [5, 5.41) is 5.03. The maximum absolute atomic E-state index is 13.0. The second-order valence-corrected chi connectivity index (χ2v) is 11.1. The Kier molecular flexibility index (Phi) is 11.6. The van der Waals surface area contributed by atoms with E-state index in [0.717, 1.165) is 0 Å². The Bertz CT molecular complexity index is 1460. The number of guanidine groups is 1. The van der Waals surface area contributed by atoms with Crippen LogP contribution in [0.2, 0.25) is 0 Å². The predicted molar refractivity (Wildman–Crippen MR) is 156 cm³/mol. The average molecular weight is 599 g/mol. The number of hydrogen-bond acceptors (Lipinski definition) is 9. The number of nitrogen functional groups attached to an aromatic ring is 1. The van der Waals surface area contributed by atoms with Gasteiger partial charge in [0.25, 0.3) is 5.89 Å². The highest BCUT2D eigenvalue weighted by atomic mass is 32.2. The van der Waals surface area contributed by atoms with Crippen LogP contribution in [-0.4, -0.2) is 62.1 Å². The van der Waals surface area contributed by atoms with Crippen molar-refractivity contribution in [2.75, 3.05) is 18.8 Å². The minimum Gasteiger partial charge on any atom is -0.442 e. The number of ketones is 1. The molecule has 3 aromatic rings. The molecule has 0 spiro atoms.